The molecule has 0 aliphatic rings. The summed E-state index contributed by atoms with van der Waals surface area (Å²) in [5.41, 5.74) is 9.12. The number of hydrogen-bond acceptors (Lipinski definition) is 1. The van der Waals surface area contributed by atoms with Crippen LogP contribution in [-0.4, -0.2) is 12.7 Å². The first-order valence-electron chi connectivity index (χ1n) is 6.36. The van der Waals surface area contributed by atoms with Gasteiger partial charge in [0.25, 0.3) is 0 Å². The molecule has 0 aliphatic carbocycles. The second-order valence-corrected chi connectivity index (χ2v) is 5.29. The molecule has 0 spiro atoms. The third-order valence-corrected chi connectivity index (χ3v) is 3.51. The zero-order valence-electron chi connectivity index (χ0n) is 11.3. The number of alkyl halides is 1. The highest BCUT2D eigenvalue weighted by Gasteiger charge is 2.23. The van der Waals surface area contributed by atoms with Crippen molar-refractivity contribution in [2.45, 2.75) is 40.3 Å². The van der Waals surface area contributed by atoms with Crippen molar-refractivity contribution in [3.05, 3.63) is 34.9 Å². The van der Waals surface area contributed by atoms with Crippen molar-refractivity contribution in [1.29, 1.82) is 0 Å². The number of aryl methyl sites for hydroxylation is 2. The van der Waals surface area contributed by atoms with E-state index in [0.717, 1.165) is 11.1 Å². The van der Waals surface area contributed by atoms with Crippen molar-refractivity contribution >= 4 is 0 Å². The predicted molar refractivity (Wildman–Crippen MR) is 71.9 cm³/mol. The van der Waals surface area contributed by atoms with Gasteiger partial charge in [0.05, 0.1) is 0 Å². The Hall–Kier alpha value is -0.890. The van der Waals surface area contributed by atoms with Crippen LogP contribution in [0.2, 0.25) is 0 Å². The molecule has 1 aromatic carbocycles. The van der Waals surface area contributed by atoms with E-state index in [9.17, 15) is 4.39 Å². The van der Waals surface area contributed by atoms with E-state index in [1.165, 1.54) is 5.56 Å². The number of halogens is 1. The number of hydrogen-bond donors (Lipinski definition) is 1. The lowest BCUT2D eigenvalue weighted by Crippen LogP contribution is -2.30. The Labute approximate surface area is 104 Å². The first-order chi connectivity index (χ1) is 7.95. The Balaban J connectivity index is 2.79. The van der Waals surface area contributed by atoms with E-state index in [1.54, 1.807) is 0 Å². The van der Waals surface area contributed by atoms with Crippen LogP contribution >= 0.6 is 0 Å². The molecule has 0 amide bonds. The quantitative estimate of drug-likeness (QED) is 0.834. The van der Waals surface area contributed by atoms with Crippen LogP contribution in [0.15, 0.2) is 18.2 Å². The van der Waals surface area contributed by atoms with Crippen molar-refractivity contribution < 1.29 is 4.39 Å². The highest BCUT2D eigenvalue weighted by molar-refractivity contribution is 5.31. The molecule has 96 valence electrons. The molecular formula is C15H24FN. The smallest absolute Gasteiger partial charge is 0.108 e. The third-order valence-electron chi connectivity index (χ3n) is 3.51. The van der Waals surface area contributed by atoms with E-state index in [2.05, 4.69) is 18.2 Å². The maximum Gasteiger partial charge on any atom is 0.108 e. The van der Waals surface area contributed by atoms with Gasteiger partial charge >= 0.3 is 0 Å². The maximum absolute atomic E-state index is 14.2. The van der Waals surface area contributed by atoms with E-state index in [0.29, 0.717) is 18.9 Å². The van der Waals surface area contributed by atoms with Gasteiger partial charge in [-0.3, -0.25) is 0 Å². The highest BCUT2D eigenvalue weighted by Crippen LogP contribution is 2.22. The molecule has 0 aromatic heterocycles. The van der Waals surface area contributed by atoms with Crippen LogP contribution in [0, 0.1) is 25.7 Å². The van der Waals surface area contributed by atoms with Crippen LogP contribution in [0.25, 0.3) is 0 Å². The SMILES string of the molecule is Cc1ccc(C)c(CC(F)C(CN)C(C)C)c1. The van der Waals surface area contributed by atoms with Gasteiger partial charge in [0, 0.05) is 12.3 Å². The van der Waals surface area contributed by atoms with Crippen LogP contribution in [0.5, 0.6) is 0 Å². The van der Waals surface area contributed by atoms with E-state index in [4.69, 9.17) is 5.73 Å². The largest absolute Gasteiger partial charge is 0.330 e. The maximum atomic E-state index is 14.2. The van der Waals surface area contributed by atoms with Gasteiger partial charge in [0.15, 0.2) is 0 Å². The Morgan fingerprint density at radius 3 is 2.41 bits per heavy atom. The summed E-state index contributed by atoms with van der Waals surface area (Å²) >= 11 is 0. The van der Waals surface area contributed by atoms with Gasteiger partial charge in [-0.05, 0) is 37.4 Å². The average molecular weight is 237 g/mol. The minimum absolute atomic E-state index is 0.0464. The molecule has 0 saturated carbocycles. The lowest BCUT2D eigenvalue weighted by Gasteiger charge is -2.23. The molecule has 1 aromatic rings. The number of benzene rings is 1. The Morgan fingerprint density at radius 1 is 1.24 bits per heavy atom. The lowest BCUT2D eigenvalue weighted by molar-refractivity contribution is 0.185. The third kappa shape index (κ3) is 3.81. The molecule has 2 N–H and O–H groups in total. The van der Waals surface area contributed by atoms with Gasteiger partial charge in [-0.15, -0.1) is 0 Å². The van der Waals surface area contributed by atoms with Gasteiger partial charge < -0.3 is 5.73 Å². The Bertz CT molecular complexity index is 360. The molecule has 0 saturated heterocycles. The average Bonchev–Trinajstić information content (AvgIpc) is 2.24. The van der Waals surface area contributed by atoms with Crippen molar-refractivity contribution in [2.75, 3.05) is 6.54 Å². The molecule has 2 atom stereocenters. The Kier molecular flexibility index (Phi) is 5.13. The molecule has 1 rings (SSSR count). The zero-order chi connectivity index (χ0) is 13.0. The van der Waals surface area contributed by atoms with Crippen LogP contribution in [0.4, 0.5) is 4.39 Å². The molecule has 2 unspecified atom stereocenters. The van der Waals surface area contributed by atoms with Crippen LogP contribution in [0.1, 0.15) is 30.5 Å². The van der Waals surface area contributed by atoms with Gasteiger partial charge in [0.2, 0.25) is 0 Å². The second-order valence-electron chi connectivity index (χ2n) is 5.29. The summed E-state index contributed by atoms with van der Waals surface area (Å²) in [6.45, 7) is 8.57. The van der Waals surface area contributed by atoms with Gasteiger partial charge in [-0.25, -0.2) is 4.39 Å². The summed E-state index contributed by atoms with van der Waals surface area (Å²) in [7, 11) is 0. The molecule has 2 heteroatoms. The zero-order valence-corrected chi connectivity index (χ0v) is 11.3. The number of rotatable bonds is 5. The minimum atomic E-state index is -0.847. The molecule has 0 radical (unpaired) electrons. The number of nitrogens with two attached hydrogens (primary N) is 1. The molecule has 0 aliphatic heterocycles. The van der Waals surface area contributed by atoms with Gasteiger partial charge in [-0.2, -0.15) is 0 Å². The normalized spacial score (nSPS) is 15.0. The van der Waals surface area contributed by atoms with E-state index in [1.807, 2.05) is 27.7 Å². The van der Waals surface area contributed by atoms with Crippen molar-refractivity contribution in [3.8, 4) is 0 Å². The summed E-state index contributed by atoms with van der Waals surface area (Å²) in [5.74, 6) is 0.245. The summed E-state index contributed by atoms with van der Waals surface area (Å²) in [4.78, 5) is 0. The van der Waals surface area contributed by atoms with Crippen LogP contribution in [0.3, 0.4) is 0 Å². The van der Waals surface area contributed by atoms with E-state index in [-0.39, 0.29) is 5.92 Å². The van der Waals surface area contributed by atoms with Gasteiger partial charge in [-0.1, -0.05) is 37.6 Å². The predicted octanol–water partition coefficient (Wildman–Crippen LogP) is 3.41. The lowest BCUT2D eigenvalue weighted by atomic mass is 9.87. The standard InChI is InChI=1S/C15H24FN/c1-10(2)14(9-17)15(16)8-13-7-11(3)5-6-12(13)4/h5-7,10,14-15H,8-9,17H2,1-4H3. The van der Waals surface area contributed by atoms with E-state index >= 15 is 0 Å². The van der Waals surface area contributed by atoms with Gasteiger partial charge in [0.1, 0.15) is 6.17 Å². The molecule has 0 heterocycles. The monoisotopic (exact) mass is 237 g/mol. The fourth-order valence-electron chi connectivity index (χ4n) is 2.22. The summed E-state index contributed by atoms with van der Waals surface area (Å²) in [6.07, 6.45) is -0.367. The highest BCUT2D eigenvalue weighted by atomic mass is 19.1. The fraction of sp³-hybridized carbons (Fsp3) is 0.600. The molecule has 0 fully saturated rings. The minimum Gasteiger partial charge on any atom is -0.330 e. The Morgan fingerprint density at radius 2 is 1.88 bits per heavy atom. The summed E-state index contributed by atoms with van der Waals surface area (Å²) in [6, 6.07) is 6.20. The first kappa shape index (κ1) is 14.2. The van der Waals surface area contributed by atoms with Crippen molar-refractivity contribution in [1.82, 2.24) is 0 Å². The molecule has 17 heavy (non-hydrogen) atoms. The topological polar surface area (TPSA) is 26.0 Å². The second kappa shape index (κ2) is 6.15. The molecular weight excluding hydrogens is 213 g/mol. The summed E-state index contributed by atoms with van der Waals surface area (Å²) in [5, 5.41) is 0. The van der Waals surface area contributed by atoms with E-state index < -0.39 is 6.17 Å². The summed E-state index contributed by atoms with van der Waals surface area (Å²) < 4.78 is 14.2. The van der Waals surface area contributed by atoms with Crippen molar-refractivity contribution in [3.63, 3.8) is 0 Å². The fourth-order valence-corrected chi connectivity index (χ4v) is 2.22. The molecule has 1 nitrogen and oxygen atoms in total. The van der Waals surface area contributed by atoms with Crippen LogP contribution < -0.4 is 5.73 Å². The van der Waals surface area contributed by atoms with Crippen LogP contribution in [-0.2, 0) is 6.42 Å². The molecule has 0 bridgehead atoms. The van der Waals surface area contributed by atoms with Crippen molar-refractivity contribution in [2.24, 2.45) is 17.6 Å². The first-order valence-corrected chi connectivity index (χ1v) is 6.36.